The Morgan fingerprint density at radius 2 is 0.913 bits per heavy atom. The molecule has 0 N–H and O–H groups in total. The summed E-state index contributed by atoms with van der Waals surface area (Å²) < 4.78 is 0. The Hall–Kier alpha value is 0.650. The molecule has 2 heteroatoms. The summed E-state index contributed by atoms with van der Waals surface area (Å²) in [5.74, 6) is 0. The van der Waals surface area contributed by atoms with E-state index < -0.39 is 7.26 Å². The van der Waals surface area contributed by atoms with E-state index in [-0.39, 0.29) is 17.0 Å². The second kappa shape index (κ2) is 9.96. The highest BCUT2D eigenvalue weighted by molar-refractivity contribution is 7.78. The maximum Gasteiger partial charge on any atom is 0.0779 e. The van der Waals surface area contributed by atoms with Crippen LogP contribution in [-0.4, -0.2) is 23.1 Å². The predicted molar refractivity (Wildman–Crippen MR) is 103 cm³/mol. The van der Waals surface area contributed by atoms with Crippen molar-refractivity contribution >= 4 is 7.26 Å². The SMILES string of the molecule is C=CC[P+](C1CCCCC1)(C1CCCCC1)C1CCCCC1.[Br-]. The van der Waals surface area contributed by atoms with Crippen molar-refractivity contribution in [2.45, 2.75) is 113 Å². The van der Waals surface area contributed by atoms with Gasteiger partial charge in [0.15, 0.2) is 0 Å². The summed E-state index contributed by atoms with van der Waals surface area (Å²) in [4.78, 5) is 0. The molecule has 0 nitrogen and oxygen atoms in total. The molecule has 0 atom stereocenters. The van der Waals surface area contributed by atoms with E-state index in [2.05, 4.69) is 12.7 Å². The van der Waals surface area contributed by atoms with E-state index in [1.807, 2.05) is 0 Å². The van der Waals surface area contributed by atoms with E-state index in [9.17, 15) is 0 Å². The lowest BCUT2D eigenvalue weighted by Gasteiger charge is -2.48. The average Bonchev–Trinajstić information content (AvgIpc) is 2.62. The molecule has 0 unspecified atom stereocenters. The molecule has 0 aromatic rings. The standard InChI is InChI=1S/C21H38P.BrH/c1-2-18-22(19-12-6-3-7-13-19,20-14-8-4-9-15-20)21-16-10-5-11-17-21;/h2,19-21H,1,3-18H2;1H/q+1;/p-1. The second-order valence-corrected chi connectivity index (χ2v) is 12.9. The fraction of sp³-hybridized carbons (Fsp3) is 0.905. The summed E-state index contributed by atoms with van der Waals surface area (Å²) in [7, 11) is -0.840. The van der Waals surface area contributed by atoms with Gasteiger partial charge in [-0.25, -0.2) is 0 Å². The van der Waals surface area contributed by atoms with Crippen molar-refractivity contribution in [1.82, 2.24) is 0 Å². The quantitative estimate of drug-likeness (QED) is 0.479. The lowest BCUT2D eigenvalue weighted by molar-refractivity contribution is -0.00000466. The summed E-state index contributed by atoms with van der Waals surface area (Å²) in [5, 5.41) is 0. The molecule has 3 aliphatic rings. The third kappa shape index (κ3) is 4.44. The molecule has 0 spiro atoms. The van der Waals surface area contributed by atoms with Crippen molar-refractivity contribution in [2.24, 2.45) is 0 Å². The Balaban J connectivity index is 0.00000192. The molecule has 0 aromatic heterocycles. The Labute approximate surface area is 156 Å². The van der Waals surface area contributed by atoms with Gasteiger partial charge in [0, 0.05) is 7.26 Å². The first-order valence-electron chi connectivity index (χ1n) is 10.4. The van der Waals surface area contributed by atoms with E-state index in [1.165, 1.54) is 63.9 Å². The van der Waals surface area contributed by atoms with Gasteiger partial charge in [0.1, 0.15) is 0 Å². The molecule has 0 aliphatic heterocycles. The van der Waals surface area contributed by atoms with Gasteiger partial charge in [-0.3, -0.25) is 0 Å². The van der Waals surface area contributed by atoms with Gasteiger partial charge >= 0.3 is 0 Å². The molecule has 3 fully saturated rings. The van der Waals surface area contributed by atoms with Crippen LogP contribution in [0.4, 0.5) is 0 Å². The third-order valence-corrected chi connectivity index (χ3v) is 13.7. The average molecular weight is 401 g/mol. The van der Waals surface area contributed by atoms with Crippen LogP contribution in [0.3, 0.4) is 0 Å². The van der Waals surface area contributed by atoms with Crippen LogP contribution in [0, 0.1) is 0 Å². The van der Waals surface area contributed by atoms with Crippen LogP contribution in [0.1, 0.15) is 96.3 Å². The van der Waals surface area contributed by atoms with Gasteiger partial charge in [0.2, 0.25) is 0 Å². The van der Waals surface area contributed by atoms with E-state index in [1.54, 1.807) is 38.5 Å². The van der Waals surface area contributed by atoms with Gasteiger partial charge in [-0.2, -0.15) is 0 Å². The van der Waals surface area contributed by atoms with Crippen molar-refractivity contribution in [1.29, 1.82) is 0 Å². The Morgan fingerprint density at radius 3 is 1.17 bits per heavy atom. The van der Waals surface area contributed by atoms with Crippen LogP contribution in [0.25, 0.3) is 0 Å². The zero-order valence-electron chi connectivity index (χ0n) is 15.2. The zero-order chi connectivity index (χ0) is 15.3. The highest BCUT2D eigenvalue weighted by Gasteiger charge is 2.56. The molecular weight excluding hydrogens is 363 g/mol. The Bertz CT molecular complexity index is 290. The second-order valence-electron chi connectivity index (χ2n) is 8.34. The van der Waals surface area contributed by atoms with Gasteiger partial charge in [0.25, 0.3) is 0 Å². The first-order chi connectivity index (χ1) is 10.9. The number of hydrogen-bond acceptors (Lipinski definition) is 0. The number of allylic oxidation sites excluding steroid dienone is 1. The van der Waals surface area contributed by atoms with E-state index >= 15 is 0 Å². The minimum atomic E-state index is -0.840. The lowest BCUT2D eigenvalue weighted by atomic mass is 9.99. The molecule has 3 aliphatic carbocycles. The van der Waals surface area contributed by atoms with Gasteiger partial charge in [0.05, 0.1) is 23.1 Å². The highest BCUT2D eigenvalue weighted by atomic mass is 79.9. The van der Waals surface area contributed by atoms with Crippen molar-refractivity contribution in [3.63, 3.8) is 0 Å². The molecule has 134 valence electrons. The molecule has 0 bridgehead atoms. The van der Waals surface area contributed by atoms with Crippen LogP contribution in [0.5, 0.6) is 0 Å². The van der Waals surface area contributed by atoms with Gasteiger partial charge in [-0.15, -0.1) is 0 Å². The molecule has 0 amide bonds. The van der Waals surface area contributed by atoms with Gasteiger partial charge in [-0.1, -0.05) is 31.9 Å². The molecular formula is C21H38BrP. The molecule has 23 heavy (non-hydrogen) atoms. The molecule has 0 saturated heterocycles. The largest absolute Gasteiger partial charge is 1.00 e. The number of hydrogen-bond donors (Lipinski definition) is 0. The van der Waals surface area contributed by atoms with Crippen LogP contribution < -0.4 is 17.0 Å². The summed E-state index contributed by atoms with van der Waals surface area (Å²) in [6, 6.07) is 0. The number of rotatable bonds is 5. The predicted octanol–water partition coefficient (Wildman–Crippen LogP) is 4.19. The number of halogens is 1. The Kier molecular flexibility index (Phi) is 8.65. The first-order valence-corrected chi connectivity index (χ1v) is 12.5. The fourth-order valence-corrected chi connectivity index (χ4v) is 13.4. The van der Waals surface area contributed by atoms with Crippen LogP contribution in [0.15, 0.2) is 12.7 Å². The Morgan fingerprint density at radius 1 is 0.609 bits per heavy atom. The van der Waals surface area contributed by atoms with Crippen LogP contribution in [-0.2, 0) is 0 Å². The third-order valence-electron chi connectivity index (χ3n) is 7.21. The molecule has 0 aromatic carbocycles. The maximum absolute atomic E-state index is 4.26. The minimum Gasteiger partial charge on any atom is -1.00 e. The van der Waals surface area contributed by atoms with E-state index in [0.29, 0.717) is 0 Å². The molecule has 3 saturated carbocycles. The van der Waals surface area contributed by atoms with Crippen LogP contribution >= 0.6 is 7.26 Å². The van der Waals surface area contributed by atoms with Crippen LogP contribution in [0.2, 0.25) is 0 Å². The topological polar surface area (TPSA) is 0 Å². The minimum absolute atomic E-state index is 0. The summed E-state index contributed by atoms with van der Waals surface area (Å²) in [5.41, 5.74) is 3.39. The lowest BCUT2D eigenvalue weighted by Crippen LogP contribution is -3.00. The fourth-order valence-electron chi connectivity index (χ4n) is 6.25. The smallest absolute Gasteiger partial charge is 0.0779 e. The van der Waals surface area contributed by atoms with Crippen molar-refractivity contribution < 1.29 is 17.0 Å². The van der Waals surface area contributed by atoms with Gasteiger partial charge < -0.3 is 17.0 Å². The van der Waals surface area contributed by atoms with Gasteiger partial charge in [-0.05, 0) is 77.0 Å². The van der Waals surface area contributed by atoms with Crippen molar-refractivity contribution in [2.75, 3.05) is 6.16 Å². The van der Waals surface area contributed by atoms with E-state index in [0.717, 1.165) is 17.0 Å². The summed E-state index contributed by atoms with van der Waals surface area (Å²) in [6.07, 6.45) is 27.0. The van der Waals surface area contributed by atoms with E-state index in [4.69, 9.17) is 0 Å². The normalized spacial score (nSPS) is 25.7. The van der Waals surface area contributed by atoms with Crippen molar-refractivity contribution in [3.05, 3.63) is 12.7 Å². The highest BCUT2D eigenvalue weighted by Crippen LogP contribution is 2.77. The molecule has 3 rings (SSSR count). The molecule has 0 heterocycles. The first kappa shape index (κ1) is 20.0. The maximum atomic E-state index is 4.26. The molecule has 0 radical (unpaired) electrons. The monoisotopic (exact) mass is 400 g/mol. The summed E-state index contributed by atoms with van der Waals surface area (Å²) >= 11 is 0. The summed E-state index contributed by atoms with van der Waals surface area (Å²) in [6.45, 7) is 4.26. The zero-order valence-corrected chi connectivity index (χ0v) is 17.6. The van der Waals surface area contributed by atoms with Crippen molar-refractivity contribution in [3.8, 4) is 0 Å².